The van der Waals surface area contributed by atoms with Gasteiger partial charge in [0.05, 0.1) is 5.52 Å². The van der Waals surface area contributed by atoms with Gasteiger partial charge in [-0.2, -0.15) is 0 Å². The lowest BCUT2D eigenvalue weighted by Gasteiger charge is -2.20. The second-order valence-corrected chi connectivity index (χ2v) is 5.48. The van der Waals surface area contributed by atoms with Crippen molar-refractivity contribution in [2.75, 3.05) is 0 Å². The molecule has 0 unspecified atom stereocenters. The standard InChI is InChI=1S/C19H15NO2/c21-17-12-6-10-15-18(17)20-16-11-5-4-9-14(16)19(15)22-13-7-2-1-3-8-13/h1-5,7-9,11H,6,10,12H2. The molecule has 0 aliphatic heterocycles. The first kappa shape index (κ1) is 13.0. The number of carbonyl (C=O) groups excluding carboxylic acids is 1. The molecule has 0 atom stereocenters. The van der Waals surface area contributed by atoms with E-state index in [-0.39, 0.29) is 5.78 Å². The van der Waals surface area contributed by atoms with Gasteiger partial charge in [0, 0.05) is 17.4 Å². The second-order valence-electron chi connectivity index (χ2n) is 5.48. The van der Waals surface area contributed by atoms with Crippen molar-refractivity contribution >= 4 is 16.7 Å². The van der Waals surface area contributed by atoms with E-state index in [0.717, 1.165) is 40.8 Å². The maximum Gasteiger partial charge on any atom is 0.181 e. The van der Waals surface area contributed by atoms with Crippen LogP contribution < -0.4 is 4.74 Å². The second kappa shape index (κ2) is 5.26. The van der Waals surface area contributed by atoms with E-state index in [4.69, 9.17) is 4.74 Å². The molecule has 0 radical (unpaired) electrons. The first-order valence-electron chi connectivity index (χ1n) is 7.50. The smallest absolute Gasteiger partial charge is 0.181 e. The Morgan fingerprint density at radius 1 is 0.909 bits per heavy atom. The summed E-state index contributed by atoms with van der Waals surface area (Å²) < 4.78 is 6.15. The third-order valence-electron chi connectivity index (χ3n) is 4.00. The van der Waals surface area contributed by atoms with E-state index in [1.54, 1.807) is 0 Å². The zero-order chi connectivity index (χ0) is 14.9. The molecule has 1 aliphatic carbocycles. The number of benzene rings is 2. The molecule has 3 aromatic rings. The minimum atomic E-state index is 0.116. The van der Waals surface area contributed by atoms with Gasteiger partial charge >= 0.3 is 0 Å². The number of pyridine rings is 1. The highest BCUT2D eigenvalue weighted by Crippen LogP contribution is 2.37. The lowest BCUT2D eigenvalue weighted by atomic mass is 9.92. The molecule has 108 valence electrons. The number of hydrogen-bond acceptors (Lipinski definition) is 3. The minimum absolute atomic E-state index is 0.116. The number of rotatable bonds is 2. The summed E-state index contributed by atoms with van der Waals surface area (Å²) in [6.45, 7) is 0. The topological polar surface area (TPSA) is 39.2 Å². The maximum absolute atomic E-state index is 12.2. The van der Waals surface area contributed by atoms with Gasteiger partial charge < -0.3 is 4.74 Å². The Hall–Kier alpha value is -2.68. The van der Waals surface area contributed by atoms with Crippen LogP contribution in [0.2, 0.25) is 0 Å². The van der Waals surface area contributed by atoms with Crippen LogP contribution in [0.5, 0.6) is 11.5 Å². The van der Waals surface area contributed by atoms with Gasteiger partial charge in [-0.3, -0.25) is 4.79 Å². The molecule has 0 saturated heterocycles. The fourth-order valence-electron chi connectivity index (χ4n) is 2.95. The average molecular weight is 289 g/mol. The van der Waals surface area contributed by atoms with Crippen molar-refractivity contribution in [1.82, 2.24) is 4.98 Å². The Kier molecular flexibility index (Phi) is 3.11. The highest BCUT2D eigenvalue weighted by molar-refractivity contribution is 6.01. The summed E-state index contributed by atoms with van der Waals surface area (Å²) in [5.41, 5.74) is 2.33. The Morgan fingerprint density at radius 2 is 1.68 bits per heavy atom. The highest BCUT2D eigenvalue weighted by Gasteiger charge is 2.24. The summed E-state index contributed by atoms with van der Waals surface area (Å²) in [5, 5.41) is 0.958. The molecule has 1 aromatic heterocycles. The van der Waals surface area contributed by atoms with Crippen LogP contribution in [0, 0.1) is 0 Å². The van der Waals surface area contributed by atoms with Crippen molar-refractivity contribution in [1.29, 1.82) is 0 Å². The monoisotopic (exact) mass is 289 g/mol. The fourth-order valence-corrected chi connectivity index (χ4v) is 2.95. The first-order valence-corrected chi connectivity index (χ1v) is 7.50. The molecule has 3 heteroatoms. The van der Waals surface area contributed by atoms with Crippen LogP contribution >= 0.6 is 0 Å². The first-order chi connectivity index (χ1) is 10.8. The van der Waals surface area contributed by atoms with E-state index in [1.165, 1.54) is 0 Å². The minimum Gasteiger partial charge on any atom is -0.456 e. The van der Waals surface area contributed by atoms with Crippen molar-refractivity contribution in [3.8, 4) is 11.5 Å². The van der Waals surface area contributed by atoms with Crippen LogP contribution in [-0.4, -0.2) is 10.8 Å². The number of ether oxygens (including phenoxy) is 1. The molecular weight excluding hydrogens is 274 g/mol. The molecule has 0 spiro atoms. The number of Topliss-reactive ketones (excluding diaryl/α,β-unsaturated/α-hetero) is 1. The summed E-state index contributed by atoms with van der Waals surface area (Å²) in [7, 11) is 0. The van der Waals surface area contributed by atoms with Crippen molar-refractivity contribution in [2.24, 2.45) is 0 Å². The molecule has 1 aliphatic rings. The van der Waals surface area contributed by atoms with Gasteiger partial charge in [0.25, 0.3) is 0 Å². The van der Waals surface area contributed by atoms with Gasteiger partial charge in [0.1, 0.15) is 17.2 Å². The zero-order valence-corrected chi connectivity index (χ0v) is 12.1. The third kappa shape index (κ3) is 2.15. The van der Waals surface area contributed by atoms with Crippen LogP contribution in [0.25, 0.3) is 10.9 Å². The number of nitrogens with zero attached hydrogens (tertiary/aromatic N) is 1. The average Bonchev–Trinajstić information content (AvgIpc) is 2.57. The summed E-state index contributed by atoms with van der Waals surface area (Å²) in [6, 6.07) is 17.5. The molecule has 0 amide bonds. The Balaban J connectivity index is 1.96. The Bertz CT molecular complexity index is 856. The number of carbonyl (C=O) groups is 1. The van der Waals surface area contributed by atoms with E-state index in [1.807, 2.05) is 54.6 Å². The summed E-state index contributed by atoms with van der Waals surface area (Å²) >= 11 is 0. The third-order valence-corrected chi connectivity index (χ3v) is 4.00. The SMILES string of the molecule is O=C1CCCc2c1nc1ccccc1c2Oc1ccccc1. The predicted molar refractivity (Wildman–Crippen MR) is 85.5 cm³/mol. The normalized spacial score (nSPS) is 13.9. The lowest BCUT2D eigenvalue weighted by molar-refractivity contribution is 0.0967. The highest BCUT2D eigenvalue weighted by atomic mass is 16.5. The van der Waals surface area contributed by atoms with Gasteiger partial charge in [-0.1, -0.05) is 30.3 Å². The van der Waals surface area contributed by atoms with Crippen molar-refractivity contribution in [2.45, 2.75) is 19.3 Å². The number of fused-ring (bicyclic) bond motifs is 2. The summed E-state index contributed by atoms with van der Waals surface area (Å²) in [4.78, 5) is 16.8. The van der Waals surface area contributed by atoms with Crippen LogP contribution in [0.15, 0.2) is 54.6 Å². The van der Waals surface area contributed by atoms with Gasteiger partial charge in [-0.15, -0.1) is 0 Å². The molecule has 0 fully saturated rings. The largest absolute Gasteiger partial charge is 0.456 e. The van der Waals surface area contributed by atoms with Gasteiger partial charge in [0.2, 0.25) is 0 Å². The van der Waals surface area contributed by atoms with Gasteiger partial charge in [-0.25, -0.2) is 4.98 Å². The van der Waals surface area contributed by atoms with Crippen LogP contribution in [0.1, 0.15) is 28.9 Å². The van der Waals surface area contributed by atoms with Crippen LogP contribution in [-0.2, 0) is 6.42 Å². The van der Waals surface area contributed by atoms with Crippen molar-refractivity contribution < 1.29 is 9.53 Å². The maximum atomic E-state index is 12.2. The van der Waals surface area contributed by atoms with E-state index >= 15 is 0 Å². The van der Waals surface area contributed by atoms with E-state index in [0.29, 0.717) is 12.1 Å². The molecule has 1 heterocycles. The number of hydrogen-bond donors (Lipinski definition) is 0. The molecular formula is C19H15NO2. The Morgan fingerprint density at radius 3 is 2.55 bits per heavy atom. The fraction of sp³-hybridized carbons (Fsp3) is 0.158. The lowest BCUT2D eigenvalue weighted by Crippen LogP contribution is -2.14. The molecule has 0 N–H and O–H groups in total. The number of ketones is 1. The molecule has 4 rings (SSSR count). The predicted octanol–water partition coefficient (Wildman–Crippen LogP) is 4.55. The zero-order valence-electron chi connectivity index (χ0n) is 12.1. The molecule has 3 nitrogen and oxygen atoms in total. The summed E-state index contributed by atoms with van der Waals surface area (Å²) in [6.07, 6.45) is 2.27. The quantitative estimate of drug-likeness (QED) is 0.695. The van der Waals surface area contributed by atoms with Crippen molar-refractivity contribution in [3.05, 3.63) is 65.9 Å². The molecule has 0 saturated carbocycles. The van der Waals surface area contributed by atoms with Crippen LogP contribution in [0.4, 0.5) is 0 Å². The van der Waals surface area contributed by atoms with Gasteiger partial charge in [-0.05, 0) is 37.1 Å². The number of para-hydroxylation sites is 2. The van der Waals surface area contributed by atoms with Gasteiger partial charge in [0.15, 0.2) is 5.78 Å². The molecule has 0 bridgehead atoms. The molecule has 2 aromatic carbocycles. The Labute approximate surface area is 128 Å². The summed E-state index contributed by atoms with van der Waals surface area (Å²) in [5.74, 6) is 1.67. The van der Waals surface area contributed by atoms with Crippen LogP contribution in [0.3, 0.4) is 0 Å². The molecule has 22 heavy (non-hydrogen) atoms. The van der Waals surface area contributed by atoms with Crippen molar-refractivity contribution in [3.63, 3.8) is 0 Å². The van der Waals surface area contributed by atoms with E-state index in [9.17, 15) is 4.79 Å². The number of aromatic nitrogens is 1. The van der Waals surface area contributed by atoms with E-state index in [2.05, 4.69) is 4.98 Å². The van der Waals surface area contributed by atoms with E-state index < -0.39 is 0 Å².